The Morgan fingerprint density at radius 1 is 1.08 bits per heavy atom. The summed E-state index contributed by atoms with van der Waals surface area (Å²) in [5.74, 6) is -1.01. The number of alkyl halides is 6. The third-order valence-electron chi connectivity index (χ3n) is 6.39. The van der Waals surface area contributed by atoms with Crippen molar-refractivity contribution in [1.82, 2.24) is 14.3 Å². The number of carbonyl (C=O) groups excluding carboxylic acids is 1. The first kappa shape index (κ1) is 26.9. The predicted octanol–water partition coefficient (Wildman–Crippen LogP) is 5.17. The number of fused-ring (bicyclic) bond motifs is 1. The number of hydrogen-bond donors (Lipinski definition) is 2. The molecule has 1 aliphatic carbocycles. The van der Waals surface area contributed by atoms with Crippen molar-refractivity contribution in [2.45, 2.75) is 61.9 Å². The Kier molecular flexibility index (Phi) is 6.35. The monoisotopic (exact) mass is 548 g/mol. The van der Waals surface area contributed by atoms with Crippen molar-refractivity contribution < 1.29 is 39.6 Å². The molecule has 1 fully saturated rings. The number of nitrogens with zero attached hydrogens (tertiary/aromatic N) is 2. The van der Waals surface area contributed by atoms with Crippen LogP contribution in [0.5, 0.6) is 0 Å². The molecule has 0 aliphatic heterocycles. The minimum absolute atomic E-state index is 0.102. The zero-order valence-electron chi connectivity index (χ0n) is 19.5. The predicted molar refractivity (Wildman–Crippen MR) is 122 cm³/mol. The largest absolute Gasteiger partial charge is 0.417 e. The molecule has 0 atom stereocenters. The minimum atomic E-state index is -4.86. The fraction of sp³-hybridized carbons (Fsp3) is 0.391. The van der Waals surface area contributed by atoms with Gasteiger partial charge in [-0.1, -0.05) is 12.1 Å². The van der Waals surface area contributed by atoms with Gasteiger partial charge in [0.05, 0.1) is 21.7 Å². The summed E-state index contributed by atoms with van der Waals surface area (Å²) in [5.41, 5.74) is 2.07. The van der Waals surface area contributed by atoms with Crippen LogP contribution in [-0.4, -0.2) is 35.6 Å². The Labute approximate surface area is 207 Å². The van der Waals surface area contributed by atoms with Crippen LogP contribution >= 0.6 is 0 Å². The van der Waals surface area contributed by atoms with E-state index < -0.39 is 44.3 Å². The second kappa shape index (κ2) is 8.72. The summed E-state index contributed by atoms with van der Waals surface area (Å²) in [6, 6.07) is 5.22. The number of carbonyl (C=O) groups is 1. The Balaban J connectivity index is 1.87. The summed E-state index contributed by atoms with van der Waals surface area (Å²) >= 11 is 0. The molecule has 4 rings (SSSR count). The summed E-state index contributed by atoms with van der Waals surface area (Å²) in [7, 11) is -4.60. The summed E-state index contributed by atoms with van der Waals surface area (Å²) < 4.78 is 108. The third-order valence-corrected chi connectivity index (χ3v) is 8.06. The topological polar surface area (TPSA) is 107 Å². The van der Waals surface area contributed by atoms with E-state index in [4.69, 9.17) is 5.73 Å². The smallest absolute Gasteiger partial charge is 0.366 e. The van der Waals surface area contributed by atoms with Crippen LogP contribution in [0.25, 0.3) is 22.3 Å². The number of hydrogen-bond acceptors (Lipinski definition) is 4. The quantitative estimate of drug-likeness (QED) is 0.415. The number of aromatic nitrogens is 2. The van der Waals surface area contributed by atoms with Crippen LogP contribution in [-0.2, 0) is 16.2 Å². The van der Waals surface area contributed by atoms with E-state index in [2.05, 4.69) is 4.98 Å². The van der Waals surface area contributed by atoms with Crippen LogP contribution in [0.3, 0.4) is 0 Å². The molecule has 2 heterocycles. The van der Waals surface area contributed by atoms with E-state index in [1.54, 1.807) is 9.29 Å². The van der Waals surface area contributed by atoms with Gasteiger partial charge in [0.2, 0.25) is 10.0 Å². The van der Waals surface area contributed by atoms with E-state index in [1.165, 1.54) is 12.1 Å². The molecule has 7 nitrogen and oxygen atoms in total. The van der Waals surface area contributed by atoms with Crippen molar-refractivity contribution in [2.75, 3.05) is 0 Å². The molecular weight excluding hydrogens is 526 g/mol. The lowest BCUT2D eigenvalue weighted by Gasteiger charge is -2.30. The van der Waals surface area contributed by atoms with Crippen LogP contribution in [0.4, 0.5) is 26.3 Å². The summed E-state index contributed by atoms with van der Waals surface area (Å²) in [5, 5.41) is -0.102. The molecule has 14 heteroatoms. The number of nitrogens with two attached hydrogens (primary N) is 1. The van der Waals surface area contributed by atoms with Gasteiger partial charge in [0.1, 0.15) is 11.2 Å². The molecule has 1 aliphatic rings. The molecule has 37 heavy (non-hydrogen) atoms. The SMILES string of the molecule is CC(C)(NS(=O)(=O)c1ccc(-c2c(C(N)=O)c3cc(C(F)(F)F)cnc3n2C2CCC2)cc1)C(F)(F)F. The molecule has 1 amide bonds. The van der Waals surface area contributed by atoms with Crippen molar-refractivity contribution >= 4 is 27.0 Å². The number of rotatable bonds is 6. The summed E-state index contributed by atoms with van der Waals surface area (Å²) in [6.07, 6.45) is -6.74. The van der Waals surface area contributed by atoms with E-state index in [-0.39, 0.29) is 33.9 Å². The molecule has 0 saturated heterocycles. The molecular formula is C23H22F6N4O3S. The second-order valence-electron chi connectivity index (χ2n) is 9.39. The fourth-order valence-corrected chi connectivity index (χ4v) is 5.52. The van der Waals surface area contributed by atoms with E-state index in [1.807, 2.05) is 0 Å². The van der Waals surface area contributed by atoms with Gasteiger partial charge < -0.3 is 10.3 Å². The highest BCUT2D eigenvalue weighted by atomic mass is 32.2. The Morgan fingerprint density at radius 3 is 2.14 bits per heavy atom. The number of sulfonamides is 1. The van der Waals surface area contributed by atoms with E-state index in [0.717, 1.165) is 24.6 Å². The number of amides is 1. The highest BCUT2D eigenvalue weighted by Crippen LogP contribution is 2.43. The minimum Gasteiger partial charge on any atom is -0.366 e. The maximum atomic E-state index is 13.4. The highest BCUT2D eigenvalue weighted by Gasteiger charge is 2.49. The number of nitrogens with one attached hydrogen (secondary N) is 1. The molecule has 2 aromatic heterocycles. The van der Waals surface area contributed by atoms with Crippen LogP contribution < -0.4 is 10.5 Å². The number of halogens is 6. The fourth-order valence-electron chi connectivity index (χ4n) is 4.12. The van der Waals surface area contributed by atoms with E-state index in [0.29, 0.717) is 32.9 Å². The van der Waals surface area contributed by atoms with Crippen LogP contribution in [0.2, 0.25) is 0 Å². The maximum absolute atomic E-state index is 13.4. The van der Waals surface area contributed by atoms with Gasteiger partial charge in [0.15, 0.2) is 0 Å². The molecule has 0 radical (unpaired) electrons. The number of benzene rings is 1. The standard InChI is InChI=1S/C23H22F6N4O3S/c1-21(2,23(27,28)29)32-37(35,36)15-8-6-12(7-9-15)18-17(19(30)34)16-10-13(22(24,25)26)11-31-20(16)33(18)14-4-3-5-14/h6-11,14,32H,3-5H2,1-2H3,(H2,30,34). The third kappa shape index (κ3) is 4.79. The molecule has 0 spiro atoms. The van der Waals surface area contributed by atoms with Crippen LogP contribution in [0.15, 0.2) is 41.4 Å². The average Bonchev–Trinajstić information content (AvgIpc) is 3.05. The lowest BCUT2D eigenvalue weighted by molar-refractivity contribution is -0.180. The van der Waals surface area contributed by atoms with Gasteiger partial charge in [0, 0.05) is 17.6 Å². The lowest BCUT2D eigenvalue weighted by atomic mass is 9.92. The number of primary amides is 1. The van der Waals surface area contributed by atoms with Gasteiger partial charge in [-0.2, -0.15) is 31.1 Å². The van der Waals surface area contributed by atoms with Crippen molar-refractivity contribution in [2.24, 2.45) is 5.73 Å². The summed E-state index contributed by atoms with van der Waals surface area (Å²) in [6.45, 7) is 1.36. The van der Waals surface area contributed by atoms with Gasteiger partial charge in [-0.3, -0.25) is 4.79 Å². The Morgan fingerprint density at radius 2 is 1.68 bits per heavy atom. The first-order valence-corrected chi connectivity index (χ1v) is 12.5. The number of pyridine rings is 1. The first-order valence-electron chi connectivity index (χ1n) is 11.1. The zero-order chi connectivity index (χ0) is 27.6. The lowest BCUT2D eigenvalue weighted by Crippen LogP contribution is -2.54. The van der Waals surface area contributed by atoms with Gasteiger partial charge >= 0.3 is 12.4 Å². The average molecular weight is 549 g/mol. The van der Waals surface area contributed by atoms with Gasteiger partial charge in [0.25, 0.3) is 5.91 Å². The molecule has 1 saturated carbocycles. The Hall–Kier alpha value is -3.13. The van der Waals surface area contributed by atoms with Crippen molar-refractivity contribution in [1.29, 1.82) is 0 Å². The van der Waals surface area contributed by atoms with E-state index in [9.17, 15) is 39.6 Å². The van der Waals surface area contributed by atoms with E-state index >= 15 is 0 Å². The van der Waals surface area contributed by atoms with Crippen LogP contribution in [0, 0.1) is 0 Å². The van der Waals surface area contributed by atoms with Gasteiger partial charge in [-0.05, 0) is 56.9 Å². The van der Waals surface area contributed by atoms with Crippen molar-refractivity contribution in [3.63, 3.8) is 0 Å². The zero-order valence-corrected chi connectivity index (χ0v) is 20.4. The molecule has 3 N–H and O–H groups in total. The molecule has 1 aromatic carbocycles. The van der Waals surface area contributed by atoms with Crippen molar-refractivity contribution in [3.8, 4) is 11.3 Å². The Bertz CT molecular complexity index is 1470. The first-order chi connectivity index (χ1) is 16.9. The van der Waals surface area contributed by atoms with Gasteiger partial charge in [-0.25, -0.2) is 13.4 Å². The van der Waals surface area contributed by atoms with Crippen LogP contribution in [0.1, 0.15) is 55.1 Å². The highest BCUT2D eigenvalue weighted by molar-refractivity contribution is 7.89. The normalized spacial score (nSPS) is 15.7. The summed E-state index contributed by atoms with van der Waals surface area (Å²) in [4.78, 5) is 16.0. The maximum Gasteiger partial charge on any atom is 0.417 e. The second-order valence-corrected chi connectivity index (χ2v) is 11.1. The molecule has 0 bridgehead atoms. The molecule has 0 unspecified atom stereocenters. The van der Waals surface area contributed by atoms with Gasteiger partial charge in [-0.15, -0.1) is 0 Å². The molecule has 3 aromatic rings. The van der Waals surface area contributed by atoms with Crippen molar-refractivity contribution in [3.05, 3.63) is 47.7 Å². The molecule has 200 valence electrons.